The van der Waals surface area contributed by atoms with Gasteiger partial charge in [0.1, 0.15) is 11.5 Å². The second kappa shape index (κ2) is 5.78. The Kier molecular flexibility index (Phi) is 4.08. The molecular weight excluding hydrogens is 252 g/mol. The molecule has 2 rings (SSSR count). The minimum absolute atomic E-state index is 0.0659. The molecule has 0 heterocycles. The molecule has 0 atom stereocenters. The summed E-state index contributed by atoms with van der Waals surface area (Å²) in [6, 6.07) is 10.9. The number of hydrogen-bond donors (Lipinski definition) is 0. The highest BCUT2D eigenvalue weighted by Gasteiger charge is 2.16. The summed E-state index contributed by atoms with van der Waals surface area (Å²) in [4.78, 5) is 12.6. The third-order valence-corrected chi connectivity index (χ3v) is 3.42. The Bertz CT molecular complexity index is 645. The number of ketones is 1. The van der Waals surface area contributed by atoms with Gasteiger partial charge in [0.05, 0.1) is 19.8 Å². The molecule has 0 aliphatic carbocycles. The molecule has 0 radical (unpaired) electrons. The summed E-state index contributed by atoms with van der Waals surface area (Å²) in [5, 5.41) is 0. The zero-order valence-electron chi connectivity index (χ0n) is 12.2. The van der Waals surface area contributed by atoms with Crippen LogP contribution < -0.4 is 9.47 Å². The van der Waals surface area contributed by atoms with Crippen LogP contribution in [0.3, 0.4) is 0 Å². The van der Waals surface area contributed by atoms with Crippen LogP contribution >= 0.6 is 0 Å². The second-order valence-corrected chi connectivity index (χ2v) is 4.69. The van der Waals surface area contributed by atoms with Crippen LogP contribution in [0.4, 0.5) is 0 Å². The molecule has 2 aromatic carbocycles. The van der Waals surface area contributed by atoms with Crippen molar-refractivity contribution >= 4 is 5.78 Å². The molecule has 3 heteroatoms. The fourth-order valence-electron chi connectivity index (χ4n) is 2.03. The molecule has 0 bridgehead atoms. The number of carbonyl (C=O) groups is 1. The molecule has 0 aliphatic heterocycles. The summed E-state index contributed by atoms with van der Waals surface area (Å²) in [5.74, 6) is 1.12. The maximum atomic E-state index is 12.6. The molecule has 0 aliphatic rings. The highest BCUT2D eigenvalue weighted by atomic mass is 16.5. The predicted molar refractivity (Wildman–Crippen MR) is 78.9 cm³/mol. The summed E-state index contributed by atoms with van der Waals surface area (Å²) >= 11 is 0. The normalized spacial score (nSPS) is 10.2. The third kappa shape index (κ3) is 2.67. The number of methoxy groups -OCH3 is 2. The zero-order chi connectivity index (χ0) is 14.7. The van der Waals surface area contributed by atoms with Gasteiger partial charge >= 0.3 is 0 Å². The Morgan fingerprint density at radius 3 is 2.25 bits per heavy atom. The molecule has 0 saturated carbocycles. The van der Waals surface area contributed by atoms with Gasteiger partial charge in [-0.15, -0.1) is 0 Å². The lowest BCUT2D eigenvalue weighted by atomic mass is 9.98. The van der Waals surface area contributed by atoms with E-state index in [0.717, 1.165) is 5.56 Å². The van der Waals surface area contributed by atoms with Crippen molar-refractivity contribution in [1.82, 2.24) is 0 Å². The summed E-state index contributed by atoms with van der Waals surface area (Å²) in [6.07, 6.45) is 0. The first-order chi connectivity index (χ1) is 9.56. The summed E-state index contributed by atoms with van der Waals surface area (Å²) in [5.41, 5.74) is 3.42. The van der Waals surface area contributed by atoms with Gasteiger partial charge < -0.3 is 9.47 Å². The van der Waals surface area contributed by atoms with Gasteiger partial charge in [0.2, 0.25) is 0 Å². The minimum atomic E-state index is -0.0659. The van der Waals surface area contributed by atoms with Crippen molar-refractivity contribution in [3.8, 4) is 11.5 Å². The van der Waals surface area contributed by atoms with Crippen molar-refractivity contribution in [3.63, 3.8) is 0 Å². The molecule has 3 nitrogen and oxygen atoms in total. The first-order valence-corrected chi connectivity index (χ1v) is 6.40. The van der Waals surface area contributed by atoms with Crippen LogP contribution in [0.5, 0.6) is 11.5 Å². The number of aryl methyl sites for hydroxylation is 2. The van der Waals surface area contributed by atoms with Gasteiger partial charge in [0.25, 0.3) is 0 Å². The van der Waals surface area contributed by atoms with Crippen molar-refractivity contribution in [2.45, 2.75) is 13.8 Å². The molecule has 0 spiro atoms. The highest BCUT2D eigenvalue weighted by molar-refractivity contribution is 6.11. The molecule has 0 fully saturated rings. The Balaban J connectivity index is 2.48. The van der Waals surface area contributed by atoms with Crippen LogP contribution in [-0.2, 0) is 0 Å². The van der Waals surface area contributed by atoms with Gasteiger partial charge in [0.15, 0.2) is 5.78 Å². The van der Waals surface area contributed by atoms with Crippen LogP contribution in [0.25, 0.3) is 0 Å². The van der Waals surface area contributed by atoms with E-state index in [0.29, 0.717) is 22.6 Å². The molecule has 0 saturated heterocycles. The molecule has 104 valence electrons. The lowest BCUT2D eigenvalue weighted by Crippen LogP contribution is -2.05. The number of benzene rings is 2. The quantitative estimate of drug-likeness (QED) is 0.797. The van der Waals surface area contributed by atoms with Crippen LogP contribution in [0.2, 0.25) is 0 Å². The molecule has 2 aromatic rings. The van der Waals surface area contributed by atoms with Crippen LogP contribution in [0.1, 0.15) is 27.0 Å². The lowest BCUT2D eigenvalue weighted by molar-refractivity contribution is 0.103. The van der Waals surface area contributed by atoms with Crippen molar-refractivity contribution in [1.29, 1.82) is 0 Å². The fraction of sp³-hybridized carbons (Fsp3) is 0.235. The average Bonchev–Trinajstić information content (AvgIpc) is 2.48. The van der Waals surface area contributed by atoms with E-state index in [4.69, 9.17) is 9.47 Å². The average molecular weight is 270 g/mol. The van der Waals surface area contributed by atoms with Crippen LogP contribution in [0, 0.1) is 13.8 Å². The lowest BCUT2D eigenvalue weighted by Gasteiger charge is -2.10. The molecule has 0 unspecified atom stereocenters. The van der Waals surface area contributed by atoms with E-state index >= 15 is 0 Å². The maximum absolute atomic E-state index is 12.6. The summed E-state index contributed by atoms with van der Waals surface area (Å²) < 4.78 is 10.4. The van der Waals surface area contributed by atoms with Crippen LogP contribution in [-0.4, -0.2) is 20.0 Å². The molecule has 20 heavy (non-hydrogen) atoms. The first kappa shape index (κ1) is 14.1. The number of hydrogen-bond acceptors (Lipinski definition) is 3. The van der Waals surface area contributed by atoms with Crippen molar-refractivity contribution < 1.29 is 14.3 Å². The molecule has 0 amide bonds. The van der Waals surface area contributed by atoms with Gasteiger partial charge in [-0.05, 0) is 49.2 Å². The highest BCUT2D eigenvalue weighted by Crippen LogP contribution is 2.26. The Labute approximate surface area is 119 Å². The number of rotatable bonds is 4. The van der Waals surface area contributed by atoms with Gasteiger partial charge in [0, 0.05) is 5.56 Å². The monoisotopic (exact) mass is 270 g/mol. The topological polar surface area (TPSA) is 35.5 Å². The van der Waals surface area contributed by atoms with E-state index in [1.807, 2.05) is 32.0 Å². The van der Waals surface area contributed by atoms with Crippen molar-refractivity contribution in [3.05, 3.63) is 58.7 Å². The fourth-order valence-corrected chi connectivity index (χ4v) is 2.03. The van der Waals surface area contributed by atoms with Crippen LogP contribution in [0.15, 0.2) is 36.4 Å². The van der Waals surface area contributed by atoms with Crippen molar-refractivity contribution in [2.75, 3.05) is 14.2 Å². The maximum Gasteiger partial charge on any atom is 0.196 e. The first-order valence-electron chi connectivity index (χ1n) is 6.40. The predicted octanol–water partition coefficient (Wildman–Crippen LogP) is 3.55. The Hall–Kier alpha value is -2.29. The van der Waals surface area contributed by atoms with Gasteiger partial charge in [-0.3, -0.25) is 4.79 Å². The second-order valence-electron chi connectivity index (χ2n) is 4.69. The minimum Gasteiger partial charge on any atom is -0.497 e. The molecular formula is C17H18O3. The summed E-state index contributed by atoms with van der Waals surface area (Å²) in [6.45, 7) is 4.02. The van der Waals surface area contributed by atoms with Crippen molar-refractivity contribution in [2.24, 2.45) is 0 Å². The van der Waals surface area contributed by atoms with E-state index in [-0.39, 0.29) is 5.78 Å². The Morgan fingerprint density at radius 1 is 0.900 bits per heavy atom. The molecule has 0 aromatic heterocycles. The van der Waals surface area contributed by atoms with Gasteiger partial charge in [-0.1, -0.05) is 12.1 Å². The zero-order valence-corrected chi connectivity index (χ0v) is 12.2. The standard InChI is InChI=1S/C17H18O3/c1-11-5-6-13(9-12(11)2)17(18)15-10-14(19-3)7-8-16(15)20-4/h5-10H,1-4H3. The van der Waals surface area contributed by atoms with E-state index in [2.05, 4.69) is 0 Å². The largest absolute Gasteiger partial charge is 0.497 e. The summed E-state index contributed by atoms with van der Waals surface area (Å²) in [7, 11) is 3.13. The molecule has 0 N–H and O–H groups in total. The smallest absolute Gasteiger partial charge is 0.196 e. The van der Waals surface area contributed by atoms with Gasteiger partial charge in [-0.25, -0.2) is 0 Å². The van der Waals surface area contributed by atoms with E-state index in [9.17, 15) is 4.79 Å². The van der Waals surface area contributed by atoms with Gasteiger partial charge in [-0.2, -0.15) is 0 Å². The third-order valence-electron chi connectivity index (χ3n) is 3.42. The number of ether oxygens (including phenoxy) is 2. The number of carbonyl (C=O) groups excluding carboxylic acids is 1. The SMILES string of the molecule is COc1ccc(OC)c(C(=O)c2ccc(C)c(C)c2)c1. The Morgan fingerprint density at radius 2 is 1.65 bits per heavy atom. The van der Waals surface area contributed by atoms with E-state index in [1.165, 1.54) is 5.56 Å². The van der Waals surface area contributed by atoms with E-state index < -0.39 is 0 Å². The van der Waals surface area contributed by atoms with E-state index in [1.54, 1.807) is 32.4 Å².